The van der Waals surface area contributed by atoms with Gasteiger partial charge in [-0.1, -0.05) is 29.3 Å². The van der Waals surface area contributed by atoms with Crippen molar-refractivity contribution in [2.75, 3.05) is 13.2 Å². The van der Waals surface area contributed by atoms with Gasteiger partial charge in [-0.05, 0) is 68.5 Å². The molecule has 0 radical (unpaired) electrons. The van der Waals surface area contributed by atoms with Crippen LogP contribution in [0.1, 0.15) is 40.5 Å². The van der Waals surface area contributed by atoms with Crippen molar-refractivity contribution in [1.82, 2.24) is 14.8 Å². The first-order valence-corrected chi connectivity index (χ1v) is 11.9. The Bertz CT molecular complexity index is 1330. The third kappa shape index (κ3) is 4.79. The largest absolute Gasteiger partial charge is 0.494 e. The van der Waals surface area contributed by atoms with Crippen LogP contribution in [0.3, 0.4) is 0 Å². The summed E-state index contributed by atoms with van der Waals surface area (Å²) in [4.78, 5) is 16.1. The maximum atomic E-state index is 12.8. The van der Waals surface area contributed by atoms with Crippen molar-refractivity contribution in [3.63, 3.8) is 0 Å². The molecule has 4 rings (SSSR count). The number of ether oxygens (including phenoxy) is 2. The van der Waals surface area contributed by atoms with Gasteiger partial charge in [0.05, 0.1) is 29.9 Å². The Morgan fingerprint density at radius 3 is 2.56 bits per heavy atom. The smallest absolute Gasteiger partial charge is 0.355 e. The number of carbonyl (C=O) groups excluding carboxylic acids is 1. The molecule has 6 nitrogen and oxygen atoms in total. The van der Waals surface area contributed by atoms with Gasteiger partial charge >= 0.3 is 5.97 Å². The number of hydrogen-bond acceptors (Lipinski definition) is 4. The minimum Gasteiger partial charge on any atom is -0.494 e. The van der Waals surface area contributed by atoms with Gasteiger partial charge in [0.25, 0.3) is 0 Å². The van der Waals surface area contributed by atoms with Crippen LogP contribution in [-0.2, 0) is 18.2 Å². The van der Waals surface area contributed by atoms with E-state index in [-0.39, 0.29) is 6.61 Å². The predicted molar refractivity (Wildman–Crippen MR) is 136 cm³/mol. The van der Waals surface area contributed by atoms with Gasteiger partial charge in [0.2, 0.25) is 0 Å². The number of fused-ring (bicyclic) bond motifs is 1. The van der Waals surface area contributed by atoms with E-state index in [9.17, 15) is 4.79 Å². The molecule has 0 saturated carbocycles. The van der Waals surface area contributed by atoms with E-state index >= 15 is 0 Å². The predicted octanol–water partition coefficient (Wildman–Crippen LogP) is 6.68. The minimum absolute atomic E-state index is 0.287. The van der Waals surface area contributed by atoms with Gasteiger partial charge in [-0.25, -0.2) is 4.79 Å². The van der Waals surface area contributed by atoms with Crippen molar-refractivity contribution in [2.45, 2.75) is 33.6 Å². The average molecular weight is 500 g/mol. The summed E-state index contributed by atoms with van der Waals surface area (Å²) in [5.74, 6) is 0.382. The van der Waals surface area contributed by atoms with E-state index in [1.807, 2.05) is 51.4 Å². The maximum Gasteiger partial charge on any atom is 0.355 e. The fraction of sp³-hybridized carbons (Fsp3) is 0.308. The number of nitrogens with zero attached hydrogens (tertiary/aromatic N) is 2. The normalized spacial score (nSPS) is 11.2. The van der Waals surface area contributed by atoms with Crippen LogP contribution in [0.25, 0.3) is 22.0 Å². The Balaban J connectivity index is 1.65. The molecular weight excluding hydrogens is 473 g/mol. The Morgan fingerprint density at radius 2 is 1.91 bits per heavy atom. The van der Waals surface area contributed by atoms with Crippen LogP contribution in [0.2, 0.25) is 10.0 Å². The topological polar surface area (TPSA) is 69.1 Å². The summed E-state index contributed by atoms with van der Waals surface area (Å²) in [6.45, 7) is 6.48. The average Bonchev–Trinajstić information content (AvgIpc) is 3.40. The van der Waals surface area contributed by atoms with Crippen LogP contribution in [0.4, 0.5) is 0 Å². The van der Waals surface area contributed by atoms with Gasteiger partial charge in [0, 0.05) is 34.8 Å². The lowest BCUT2D eigenvalue weighted by atomic mass is 10.0. The molecule has 8 heteroatoms. The van der Waals surface area contributed by atoms with E-state index < -0.39 is 5.97 Å². The Kier molecular flexibility index (Phi) is 7.19. The highest BCUT2D eigenvalue weighted by atomic mass is 35.5. The molecular formula is C26H27Cl2N3O3. The Hall–Kier alpha value is -2.96. The van der Waals surface area contributed by atoms with Gasteiger partial charge in [-0.3, -0.25) is 4.68 Å². The van der Waals surface area contributed by atoms with Gasteiger partial charge in [0.1, 0.15) is 11.4 Å². The standard InChI is InChI=1S/C26H27Cl2N3O3/c1-5-33-26(32)25-20(7-6-10-34-18-11-15(2)23(28)16(3)12-18)22-21(27)9-8-19(24(22)30-25)17-13-29-31(4)14-17/h8-9,11-14,30H,5-7,10H2,1-4H3. The molecule has 0 aliphatic heterocycles. The molecule has 0 amide bonds. The first kappa shape index (κ1) is 24.2. The second-order valence-electron chi connectivity index (χ2n) is 8.27. The second kappa shape index (κ2) is 10.1. The molecule has 0 atom stereocenters. The second-order valence-corrected chi connectivity index (χ2v) is 9.05. The highest BCUT2D eigenvalue weighted by molar-refractivity contribution is 6.36. The monoisotopic (exact) mass is 499 g/mol. The third-order valence-corrected chi connectivity index (χ3v) is 6.66. The van der Waals surface area contributed by atoms with Gasteiger partial charge in [-0.2, -0.15) is 5.10 Å². The van der Waals surface area contributed by atoms with E-state index in [4.69, 9.17) is 32.7 Å². The summed E-state index contributed by atoms with van der Waals surface area (Å²) in [5, 5.41) is 6.43. The molecule has 0 aliphatic carbocycles. The molecule has 0 unspecified atom stereocenters. The first-order chi connectivity index (χ1) is 16.3. The Labute approximate surface area is 208 Å². The summed E-state index contributed by atoms with van der Waals surface area (Å²) in [6, 6.07) is 7.66. The number of halogens is 2. The molecule has 1 N–H and O–H groups in total. The minimum atomic E-state index is -0.397. The zero-order valence-electron chi connectivity index (χ0n) is 19.7. The number of H-pyrrole nitrogens is 1. The molecule has 0 saturated heterocycles. The van der Waals surface area contributed by atoms with E-state index in [0.29, 0.717) is 30.2 Å². The summed E-state index contributed by atoms with van der Waals surface area (Å²) in [5.41, 5.74) is 5.87. The van der Waals surface area contributed by atoms with Crippen LogP contribution in [0.15, 0.2) is 36.7 Å². The lowest BCUT2D eigenvalue weighted by Crippen LogP contribution is -2.09. The number of rotatable bonds is 8. The number of carbonyl (C=O) groups is 1. The quantitative estimate of drug-likeness (QED) is 0.216. The zero-order valence-corrected chi connectivity index (χ0v) is 21.2. The number of aromatic amines is 1. The molecule has 34 heavy (non-hydrogen) atoms. The molecule has 0 bridgehead atoms. The number of hydrogen-bond donors (Lipinski definition) is 1. The molecule has 2 aromatic heterocycles. The van der Waals surface area contributed by atoms with Crippen molar-refractivity contribution < 1.29 is 14.3 Å². The number of benzene rings is 2. The van der Waals surface area contributed by atoms with E-state index in [0.717, 1.165) is 49.5 Å². The van der Waals surface area contributed by atoms with Crippen LogP contribution in [0, 0.1) is 13.8 Å². The lowest BCUT2D eigenvalue weighted by Gasteiger charge is -2.10. The number of aryl methyl sites for hydroxylation is 4. The molecule has 0 fully saturated rings. The first-order valence-electron chi connectivity index (χ1n) is 11.2. The van der Waals surface area contributed by atoms with Crippen molar-refractivity contribution >= 4 is 40.1 Å². The van der Waals surface area contributed by atoms with Crippen molar-refractivity contribution in [1.29, 1.82) is 0 Å². The summed E-state index contributed by atoms with van der Waals surface area (Å²) in [6.07, 6.45) is 5.00. The zero-order chi connectivity index (χ0) is 24.4. The van der Waals surface area contributed by atoms with E-state index in [2.05, 4.69) is 10.1 Å². The molecule has 0 spiro atoms. The SMILES string of the molecule is CCOC(=O)c1[nH]c2c(-c3cnn(C)c3)ccc(Cl)c2c1CCCOc1cc(C)c(Cl)c(C)c1. The molecule has 178 valence electrons. The third-order valence-electron chi connectivity index (χ3n) is 5.75. The van der Waals surface area contributed by atoms with Gasteiger partial charge in [0.15, 0.2) is 0 Å². The summed E-state index contributed by atoms with van der Waals surface area (Å²) < 4.78 is 13.0. The molecule has 0 aliphatic rings. The fourth-order valence-electron chi connectivity index (χ4n) is 4.18. The van der Waals surface area contributed by atoms with Crippen LogP contribution < -0.4 is 4.74 Å². The van der Waals surface area contributed by atoms with Crippen LogP contribution in [-0.4, -0.2) is 33.9 Å². The number of aromatic nitrogens is 3. The highest BCUT2D eigenvalue weighted by Gasteiger charge is 2.23. The Morgan fingerprint density at radius 1 is 1.18 bits per heavy atom. The number of nitrogens with one attached hydrogen (secondary N) is 1. The summed E-state index contributed by atoms with van der Waals surface area (Å²) >= 11 is 12.9. The summed E-state index contributed by atoms with van der Waals surface area (Å²) in [7, 11) is 1.87. The molecule has 2 aromatic carbocycles. The fourth-order valence-corrected chi connectivity index (χ4v) is 4.57. The maximum absolute atomic E-state index is 12.8. The van der Waals surface area contributed by atoms with Crippen LogP contribution in [0.5, 0.6) is 5.75 Å². The molecule has 4 aromatic rings. The van der Waals surface area contributed by atoms with Crippen molar-refractivity contribution in [3.8, 4) is 16.9 Å². The van der Waals surface area contributed by atoms with Crippen molar-refractivity contribution in [2.24, 2.45) is 7.05 Å². The van der Waals surface area contributed by atoms with E-state index in [1.165, 1.54) is 0 Å². The van der Waals surface area contributed by atoms with E-state index in [1.54, 1.807) is 17.8 Å². The van der Waals surface area contributed by atoms with Crippen LogP contribution >= 0.6 is 23.2 Å². The highest BCUT2D eigenvalue weighted by Crippen LogP contribution is 2.37. The molecule has 2 heterocycles. The lowest BCUT2D eigenvalue weighted by molar-refractivity contribution is 0.0519. The van der Waals surface area contributed by atoms with Gasteiger partial charge in [-0.15, -0.1) is 0 Å². The number of esters is 1. The van der Waals surface area contributed by atoms with Crippen molar-refractivity contribution in [3.05, 3.63) is 69.1 Å². The van der Waals surface area contributed by atoms with Gasteiger partial charge < -0.3 is 14.5 Å².